The lowest BCUT2D eigenvalue weighted by molar-refractivity contribution is -0.118. The fourth-order valence-electron chi connectivity index (χ4n) is 2.70. The molecule has 120 valence electrons. The minimum Gasteiger partial charge on any atom is -0.336 e. The summed E-state index contributed by atoms with van der Waals surface area (Å²) in [7, 11) is 0. The highest BCUT2D eigenvalue weighted by molar-refractivity contribution is 6.01. The molecule has 2 rings (SSSR count). The first-order chi connectivity index (χ1) is 10.4. The molecule has 5 heteroatoms. The van der Waals surface area contributed by atoms with Crippen molar-refractivity contribution in [2.75, 3.05) is 11.4 Å². The Morgan fingerprint density at radius 2 is 1.95 bits per heavy atom. The lowest BCUT2D eigenvalue weighted by Crippen LogP contribution is -2.48. The zero-order valence-electron chi connectivity index (χ0n) is 13.8. The van der Waals surface area contributed by atoms with Crippen molar-refractivity contribution in [2.24, 2.45) is 0 Å². The Bertz CT molecular complexity index is 551. The van der Waals surface area contributed by atoms with Gasteiger partial charge < -0.3 is 15.5 Å². The van der Waals surface area contributed by atoms with Gasteiger partial charge in [0.1, 0.15) is 6.04 Å². The van der Waals surface area contributed by atoms with E-state index in [0.29, 0.717) is 13.0 Å². The Morgan fingerprint density at radius 3 is 2.55 bits per heavy atom. The Balaban J connectivity index is 2.02. The van der Waals surface area contributed by atoms with Crippen LogP contribution in [0.3, 0.4) is 0 Å². The molecule has 0 saturated carbocycles. The number of aryl methyl sites for hydroxylation is 2. The van der Waals surface area contributed by atoms with E-state index in [1.807, 2.05) is 39.8 Å². The first-order valence-corrected chi connectivity index (χ1v) is 7.87. The molecule has 1 heterocycles. The van der Waals surface area contributed by atoms with Crippen LogP contribution in [0, 0.1) is 13.8 Å². The van der Waals surface area contributed by atoms with E-state index >= 15 is 0 Å². The second-order valence-corrected chi connectivity index (χ2v) is 6.10. The lowest BCUT2D eigenvalue weighted by atomic mass is 10.1. The maximum Gasteiger partial charge on any atom is 0.315 e. The predicted molar refractivity (Wildman–Crippen MR) is 88.1 cm³/mol. The highest BCUT2D eigenvalue weighted by Gasteiger charge is 2.33. The Labute approximate surface area is 132 Å². The number of nitrogens with zero attached hydrogens (tertiary/aromatic N) is 1. The van der Waals surface area contributed by atoms with E-state index < -0.39 is 6.04 Å². The zero-order chi connectivity index (χ0) is 16.3. The van der Waals surface area contributed by atoms with E-state index in [-0.39, 0.29) is 18.0 Å². The smallest absolute Gasteiger partial charge is 0.315 e. The second-order valence-electron chi connectivity index (χ2n) is 6.10. The molecule has 5 nitrogen and oxygen atoms in total. The van der Waals surface area contributed by atoms with Crippen LogP contribution < -0.4 is 15.5 Å². The van der Waals surface area contributed by atoms with Gasteiger partial charge in [-0.25, -0.2) is 4.79 Å². The molecule has 1 aromatic carbocycles. The average Bonchev–Trinajstić information content (AvgIpc) is 2.79. The molecule has 1 aliphatic heterocycles. The molecule has 1 aliphatic rings. The van der Waals surface area contributed by atoms with Crippen molar-refractivity contribution in [1.82, 2.24) is 10.6 Å². The third-order valence-corrected chi connectivity index (χ3v) is 4.02. The molecule has 22 heavy (non-hydrogen) atoms. The molecule has 2 atom stereocenters. The van der Waals surface area contributed by atoms with Gasteiger partial charge in [-0.2, -0.15) is 0 Å². The number of carbonyl (C=O) groups excluding carboxylic acids is 2. The monoisotopic (exact) mass is 303 g/mol. The molecule has 0 unspecified atom stereocenters. The third kappa shape index (κ3) is 3.78. The highest BCUT2D eigenvalue weighted by Crippen LogP contribution is 2.24. The van der Waals surface area contributed by atoms with Crippen LogP contribution in [0.2, 0.25) is 0 Å². The topological polar surface area (TPSA) is 61.4 Å². The molecule has 3 amide bonds. The molecule has 0 spiro atoms. The van der Waals surface area contributed by atoms with Gasteiger partial charge >= 0.3 is 6.03 Å². The summed E-state index contributed by atoms with van der Waals surface area (Å²) in [5, 5.41) is 5.61. The number of hydrogen-bond donors (Lipinski definition) is 2. The summed E-state index contributed by atoms with van der Waals surface area (Å²) in [4.78, 5) is 26.1. The van der Waals surface area contributed by atoms with Crippen LogP contribution in [0.1, 0.15) is 37.8 Å². The fraction of sp³-hybridized carbons (Fsp3) is 0.529. The van der Waals surface area contributed by atoms with Crippen molar-refractivity contribution in [3.8, 4) is 0 Å². The number of rotatable bonds is 4. The normalized spacial score (nSPS) is 19.2. The number of amides is 3. The fourth-order valence-corrected chi connectivity index (χ4v) is 2.70. The van der Waals surface area contributed by atoms with Crippen molar-refractivity contribution in [2.45, 2.75) is 52.6 Å². The van der Waals surface area contributed by atoms with Crippen LogP contribution >= 0.6 is 0 Å². The Kier molecular flexibility index (Phi) is 5.06. The standard InChI is InChI=1S/C17H25N3O2/c1-5-13(4)18-17(22)19-15-6-7-20(16(15)21)14-9-11(2)8-12(3)10-14/h8-10,13,15H,5-7H2,1-4H3,(H2,18,19,22)/t13-,15-/m1/s1. The number of hydrogen-bond acceptors (Lipinski definition) is 2. The van der Waals surface area contributed by atoms with E-state index in [1.165, 1.54) is 0 Å². The summed E-state index contributed by atoms with van der Waals surface area (Å²) in [5.74, 6) is -0.0377. The van der Waals surface area contributed by atoms with E-state index in [0.717, 1.165) is 23.2 Å². The lowest BCUT2D eigenvalue weighted by Gasteiger charge is -2.19. The molecular formula is C17H25N3O2. The minimum absolute atomic E-state index is 0.0377. The van der Waals surface area contributed by atoms with Crippen LogP contribution in [0.25, 0.3) is 0 Å². The summed E-state index contributed by atoms with van der Waals surface area (Å²) in [6, 6.07) is 5.49. The molecule has 0 radical (unpaired) electrons. The van der Waals surface area contributed by atoms with E-state index in [2.05, 4.69) is 16.7 Å². The molecule has 0 aromatic heterocycles. The maximum absolute atomic E-state index is 12.5. The number of carbonyl (C=O) groups is 2. The van der Waals surface area contributed by atoms with Gasteiger partial charge in [0.2, 0.25) is 5.91 Å². The average molecular weight is 303 g/mol. The number of anilines is 1. The molecule has 1 saturated heterocycles. The summed E-state index contributed by atoms with van der Waals surface area (Å²) in [6.45, 7) is 8.63. The van der Waals surface area contributed by atoms with Crippen molar-refractivity contribution >= 4 is 17.6 Å². The van der Waals surface area contributed by atoms with E-state index in [4.69, 9.17) is 0 Å². The van der Waals surface area contributed by atoms with Crippen LogP contribution in [-0.2, 0) is 4.79 Å². The minimum atomic E-state index is -0.440. The second kappa shape index (κ2) is 6.81. The van der Waals surface area contributed by atoms with Crippen LogP contribution in [0.5, 0.6) is 0 Å². The summed E-state index contributed by atoms with van der Waals surface area (Å²) in [5.41, 5.74) is 3.18. The van der Waals surface area contributed by atoms with Crippen molar-refractivity contribution < 1.29 is 9.59 Å². The molecule has 1 fully saturated rings. The molecule has 1 aromatic rings. The van der Waals surface area contributed by atoms with Crippen LogP contribution in [-0.4, -0.2) is 30.6 Å². The molecule has 0 aliphatic carbocycles. The van der Waals surface area contributed by atoms with Gasteiger partial charge in [0.25, 0.3) is 0 Å². The van der Waals surface area contributed by atoms with Crippen LogP contribution in [0.15, 0.2) is 18.2 Å². The highest BCUT2D eigenvalue weighted by atomic mass is 16.2. The molecule has 0 bridgehead atoms. The predicted octanol–water partition coefficient (Wildman–Crippen LogP) is 2.51. The zero-order valence-corrected chi connectivity index (χ0v) is 13.8. The third-order valence-electron chi connectivity index (χ3n) is 4.02. The van der Waals surface area contributed by atoms with Gasteiger partial charge in [0.15, 0.2) is 0 Å². The first-order valence-electron chi connectivity index (χ1n) is 7.87. The van der Waals surface area contributed by atoms with Gasteiger partial charge in [-0.05, 0) is 56.9 Å². The van der Waals surface area contributed by atoms with Gasteiger partial charge in [-0.1, -0.05) is 13.0 Å². The summed E-state index contributed by atoms with van der Waals surface area (Å²) in [6.07, 6.45) is 1.50. The summed E-state index contributed by atoms with van der Waals surface area (Å²) < 4.78 is 0. The van der Waals surface area contributed by atoms with Crippen molar-refractivity contribution in [3.63, 3.8) is 0 Å². The maximum atomic E-state index is 12.5. The number of urea groups is 1. The SMILES string of the molecule is CC[C@@H](C)NC(=O)N[C@@H]1CCN(c2cc(C)cc(C)c2)C1=O. The molecule has 2 N–H and O–H groups in total. The van der Waals surface area contributed by atoms with Gasteiger partial charge in [0.05, 0.1) is 0 Å². The van der Waals surface area contributed by atoms with Crippen LogP contribution in [0.4, 0.5) is 10.5 Å². The largest absolute Gasteiger partial charge is 0.336 e. The van der Waals surface area contributed by atoms with Gasteiger partial charge in [0, 0.05) is 18.3 Å². The van der Waals surface area contributed by atoms with Crippen molar-refractivity contribution in [3.05, 3.63) is 29.3 Å². The first kappa shape index (κ1) is 16.3. The number of benzene rings is 1. The Hall–Kier alpha value is -2.04. The van der Waals surface area contributed by atoms with Gasteiger partial charge in [-0.15, -0.1) is 0 Å². The Morgan fingerprint density at radius 1 is 1.32 bits per heavy atom. The van der Waals surface area contributed by atoms with Gasteiger partial charge in [-0.3, -0.25) is 4.79 Å². The molecular weight excluding hydrogens is 278 g/mol. The summed E-state index contributed by atoms with van der Waals surface area (Å²) >= 11 is 0. The van der Waals surface area contributed by atoms with E-state index in [9.17, 15) is 9.59 Å². The number of nitrogens with one attached hydrogen (secondary N) is 2. The quantitative estimate of drug-likeness (QED) is 0.898. The van der Waals surface area contributed by atoms with Crippen molar-refractivity contribution in [1.29, 1.82) is 0 Å². The van der Waals surface area contributed by atoms with E-state index in [1.54, 1.807) is 4.90 Å².